The number of amides is 2. The van der Waals surface area contributed by atoms with Gasteiger partial charge < -0.3 is 25.3 Å². The zero-order valence-electron chi connectivity index (χ0n) is 24.1. The molecule has 1 atom stereocenters. The van der Waals surface area contributed by atoms with Crippen LogP contribution < -0.4 is 10.6 Å². The largest absolute Gasteiger partial charge is 0.342 e. The van der Waals surface area contributed by atoms with E-state index in [2.05, 4.69) is 10.6 Å². The summed E-state index contributed by atoms with van der Waals surface area (Å²) in [5.41, 5.74) is 0.204. The summed E-state index contributed by atoms with van der Waals surface area (Å²) in [5.74, 6) is -0.916. The van der Waals surface area contributed by atoms with Crippen molar-refractivity contribution in [2.75, 3.05) is 18.4 Å². The molecule has 1 fully saturated rings. The first-order valence-electron chi connectivity index (χ1n) is 14.7. The smallest absolute Gasteiger partial charge is 0.331 e. The standard InChI is InChI=1S/C35H34N3O5P/c39-34(33(44(41,42)43)31-16-8-14-24-9-6-7-15-30(24)31)37-32-22-27-13-5-4-12-26(27)21-28(32)23-38(29-17-19-36-20-18-29)35(40)25-10-2-1-3-11-25/h1-16,21-22,29,33,36H,17-20,23H2,(H,37,39)(H2,41,42,43). The minimum absolute atomic E-state index is 0.0162. The fourth-order valence-corrected chi connectivity index (χ4v) is 7.07. The van der Waals surface area contributed by atoms with E-state index < -0.39 is 19.2 Å². The number of hydrogen-bond donors (Lipinski definition) is 4. The van der Waals surface area contributed by atoms with Crippen LogP contribution in [0.15, 0.2) is 109 Å². The Morgan fingerprint density at radius 2 is 1.43 bits per heavy atom. The van der Waals surface area contributed by atoms with Crippen LogP contribution >= 0.6 is 7.60 Å². The molecular weight excluding hydrogens is 573 g/mol. The number of carbonyl (C=O) groups excluding carboxylic acids is 2. The second kappa shape index (κ2) is 12.7. The summed E-state index contributed by atoms with van der Waals surface area (Å²) >= 11 is 0. The molecule has 0 aromatic heterocycles. The SMILES string of the molecule is O=C(Nc1cc2ccccc2cc1CN(C(=O)c1ccccc1)C1CCNCC1)C(c1cccc2ccccc12)P(=O)(O)O. The predicted octanol–water partition coefficient (Wildman–Crippen LogP) is 6.24. The van der Waals surface area contributed by atoms with E-state index in [9.17, 15) is 23.9 Å². The summed E-state index contributed by atoms with van der Waals surface area (Å²) in [6.07, 6.45) is 1.57. The molecule has 6 rings (SSSR count). The molecule has 0 bridgehead atoms. The van der Waals surface area contributed by atoms with Crippen LogP contribution in [0.1, 0.15) is 40.0 Å². The van der Waals surface area contributed by atoms with Gasteiger partial charge in [0.25, 0.3) is 5.91 Å². The third kappa shape index (κ3) is 6.30. The fourth-order valence-electron chi connectivity index (χ4n) is 6.11. The number of rotatable bonds is 8. The van der Waals surface area contributed by atoms with Crippen molar-refractivity contribution in [3.63, 3.8) is 0 Å². The molecule has 0 aliphatic carbocycles. The van der Waals surface area contributed by atoms with Gasteiger partial charge in [-0.3, -0.25) is 14.2 Å². The van der Waals surface area contributed by atoms with Gasteiger partial charge in [0.2, 0.25) is 5.91 Å². The van der Waals surface area contributed by atoms with Gasteiger partial charge in [0.1, 0.15) is 0 Å². The molecule has 1 aliphatic rings. The topological polar surface area (TPSA) is 119 Å². The Morgan fingerprint density at radius 3 is 2.14 bits per heavy atom. The molecule has 0 spiro atoms. The van der Waals surface area contributed by atoms with Crippen molar-refractivity contribution < 1.29 is 23.9 Å². The van der Waals surface area contributed by atoms with Gasteiger partial charge in [-0.2, -0.15) is 0 Å². The van der Waals surface area contributed by atoms with Crippen molar-refractivity contribution in [2.24, 2.45) is 0 Å². The summed E-state index contributed by atoms with van der Waals surface area (Å²) in [6.45, 7) is 1.80. The van der Waals surface area contributed by atoms with Crippen LogP contribution in [0.4, 0.5) is 5.69 Å². The number of nitrogens with one attached hydrogen (secondary N) is 2. The average Bonchev–Trinajstić information content (AvgIpc) is 3.04. The van der Waals surface area contributed by atoms with E-state index in [1.165, 1.54) is 0 Å². The van der Waals surface area contributed by atoms with Crippen LogP contribution in [0.5, 0.6) is 0 Å². The number of benzene rings is 5. The molecular formula is C35H34N3O5P. The highest BCUT2D eigenvalue weighted by Gasteiger charge is 2.39. The van der Waals surface area contributed by atoms with Crippen LogP contribution in [-0.2, 0) is 15.9 Å². The maximum absolute atomic E-state index is 13.9. The zero-order valence-corrected chi connectivity index (χ0v) is 25.0. The van der Waals surface area contributed by atoms with E-state index in [4.69, 9.17) is 0 Å². The molecule has 1 saturated heterocycles. The minimum atomic E-state index is -4.95. The van der Waals surface area contributed by atoms with E-state index >= 15 is 0 Å². The van der Waals surface area contributed by atoms with E-state index in [-0.39, 0.29) is 24.1 Å². The normalized spacial score (nSPS) is 14.8. The quantitative estimate of drug-likeness (QED) is 0.155. The number of hydrogen-bond acceptors (Lipinski definition) is 4. The lowest BCUT2D eigenvalue weighted by Gasteiger charge is -2.35. The molecule has 44 heavy (non-hydrogen) atoms. The van der Waals surface area contributed by atoms with Gasteiger partial charge in [-0.1, -0.05) is 84.9 Å². The summed E-state index contributed by atoms with van der Waals surface area (Å²) in [5, 5.41) is 9.40. The van der Waals surface area contributed by atoms with Gasteiger partial charge in [-0.05, 0) is 82.9 Å². The Hall–Kier alpha value is -4.33. The number of anilines is 1. The number of piperidine rings is 1. The monoisotopic (exact) mass is 607 g/mol. The third-order valence-electron chi connectivity index (χ3n) is 8.30. The molecule has 1 aliphatic heterocycles. The minimum Gasteiger partial charge on any atom is -0.331 e. The molecule has 5 aromatic carbocycles. The molecule has 5 aromatic rings. The van der Waals surface area contributed by atoms with Crippen molar-refractivity contribution in [3.8, 4) is 0 Å². The summed E-state index contributed by atoms with van der Waals surface area (Å²) < 4.78 is 12.9. The van der Waals surface area contributed by atoms with E-state index in [0.29, 0.717) is 22.2 Å². The van der Waals surface area contributed by atoms with E-state index in [1.54, 1.807) is 36.4 Å². The van der Waals surface area contributed by atoms with Crippen molar-refractivity contribution >= 4 is 46.6 Å². The van der Waals surface area contributed by atoms with Gasteiger partial charge >= 0.3 is 7.60 Å². The number of fused-ring (bicyclic) bond motifs is 2. The van der Waals surface area contributed by atoms with Crippen LogP contribution in [0.3, 0.4) is 0 Å². The van der Waals surface area contributed by atoms with Crippen molar-refractivity contribution in [2.45, 2.75) is 31.1 Å². The van der Waals surface area contributed by atoms with Crippen molar-refractivity contribution in [3.05, 3.63) is 126 Å². The molecule has 9 heteroatoms. The Kier molecular flexibility index (Phi) is 8.60. The first-order valence-corrected chi connectivity index (χ1v) is 16.4. The molecule has 2 amide bonds. The Labute approximate surface area is 255 Å². The van der Waals surface area contributed by atoms with Crippen molar-refractivity contribution in [1.82, 2.24) is 10.2 Å². The zero-order chi connectivity index (χ0) is 30.7. The van der Waals surface area contributed by atoms with Gasteiger partial charge in [0, 0.05) is 23.8 Å². The molecule has 8 nitrogen and oxygen atoms in total. The summed E-state index contributed by atoms with van der Waals surface area (Å²) in [6, 6.07) is 32.9. The summed E-state index contributed by atoms with van der Waals surface area (Å²) in [4.78, 5) is 50.7. The van der Waals surface area contributed by atoms with Crippen LogP contribution in [0, 0.1) is 0 Å². The van der Waals surface area contributed by atoms with Gasteiger partial charge in [0.15, 0.2) is 5.66 Å². The lowest BCUT2D eigenvalue weighted by molar-refractivity contribution is -0.116. The second-order valence-corrected chi connectivity index (χ2v) is 12.9. The van der Waals surface area contributed by atoms with Crippen molar-refractivity contribution in [1.29, 1.82) is 0 Å². The maximum Gasteiger partial charge on any atom is 0.342 e. The van der Waals surface area contributed by atoms with Crippen LogP contribution in [0.25, 0.3) is 21.5 Å². The highest BCUT2D eigenvalue weighted by molar-refractivity contribution is 7.53. The molecule has 1 unspecified atom stereocenters. The lowest BCUT2D eigenvalue weighted by atomic mass is 9.99. The average molecular weight is 608 g/mol. The third-order valence-corrected chi connectivity index (χ3v) is 9.49. The Bertz CT molecular complexity index is 1860. The fraction of sp³-hybridized carbons (Fsp3) is 0.200. The highest BCUT2D eigenvalue weighted by atomic mass is 31.2. The van der Waals surface area contributed by atoms with Gasteiger partial charge in [-0.15, -0.1) is 0 Å². The van der Waals surface area contributed by atoms with E-state index in [0.717, 1.165) is 42.1 Å². The molecule has 224 valence electrons. The first-order chi connectivity index (χ1) is 21.3. The van der Waals surface area contributed by atoms with Gasteiger partial charge in [-0.25, -0.2) is 0 Å². The Balaban J connectivity index is 1.41. The number of nitrogens with zero attached hydrogens (tertiary/aromatic N) is 1. The van der Waals surface area contributed by atoms with Crippen LogP contribution in [0.2, 0.25) is 0 Å². The predicted molar refractivity (Wildman–Crippen MR) is 174 cm³/mol. The maximum atomic E-state index is 13.9. The second-order valence-electron chi connectivity index (χ2n) is 11.2. The summed E-state index contributed by atoms with van der Waals surface area (Å²) in [7, 11) is -4.95. The Morgan fingerprint density at radius 1 is 0.818 bits per heavy atom. The number of carbonyl (C=O) groups is 2. The highest BCUT2D eigenvalue weighted by Crippen LogP contribution is 2.53. The van der Waals surface area contributed by atoms with Crippen LogP contribution in [-0.4, -0.2) is 45.6 Å². The molecule has 0 saturated carbocycles. The molecule has 4 N–H and O–H groups in total. The first kappa shape index (κ1) is 29.7. The van der Waals surface area contributed by atoms with E-state index in [1.807, 2.05) is 77.7 Å². The molecule has 1 heterocycles. The molecule has 0 radical (unpaired) electrons. The lowest BCUT2D eigenvalue weighted by Crippen LogP contribution is -2.45. The van der Waals surface area contributed by atoms with Gasteiger partial charge in [0.05, 0.1) is 0 Å².